The van der Waals surface area contributed by atoms with Gasteiger partial charge in [-0.3, -0.25) is 0 Å². The van der Waals surface area contributed by atoms with Gasteiger partial charge in [-0.05, 0) is 63.2 Å². The number of nitrogens with two attached hydrogens (primary N) is 2. The zero-order valence-corrected chi connectivity index (χ0v) is 18.8. The minimum atomic E-state index is 0.447. The van der Waals surface area contributed by atoms with Gasteiger partial charge in [-0.2, -0.15) is 5.10 Å². The second kappa shape index (κ2) is 10.3. The molecule has 0 aliphatic carbocycles. The predicted octanol–water partition coefficient (Wildman–Crippen LogP) is 4.56. The summed E-state index contributed by atoms with van der Waals surface area (Å²) in [6.45, 7) is 11.5. The molecule has 0 unspecified atom stereocenters. The highest BCUT2D eigenvalue weighted by Crippen LogP contribution is 2.29. The molecular formula is C24H30N8. The van der Waals surface area contributed by atoms with Gasteiger partial charge >= 0.3 is 0 Å². The number of aromatic nitrogens is 2. The van der Waals surface area contributed by atoms with Crippen molar-refractivity contribution in [1.29, 1.82) is 0 Å². The number of hydrogen-bond donors (Lipinski definition) is 3. The highest BCUT2D eigenvalue weighted by Gasteiger charge is 2.10. The van der Waals surface area contributed by atoms with E-state index in [1.807, 2.05) is 48.5 Å². The van der Waals surface area contributed by atoms with E-state index < -0.39 is 0 Å². The Morgan fingerprint density at radius 1 is 1.12 bits per heavy atom. The van der Waals surface area contributed by atoms with Gasteiger partial charge in [0.2, 0.25) is 5.95 Å². The molecule has 3 rings (SSSR count). The second-order valence-corrected chi connectivity index (χ2v) is 7.15. The summed E-state index contributed by atoms with van der Waals surface area (Å²) in [7, 11) is 0. The number of nitrogens with one attached hydrogen (secondary N) is 1. The number of rotatable bonds is 9. The van der Waals surface area contributed by atoms with E-state index >= 15 is 0 Å². The highest BCUT2D eigenvalue weighted by molar-refractivity contribution is 5.79. The minimum Gasteiger partial charge on any atom is -0.397 e. The standard InChI is InChI=1S/C24H30N8/c1-5-31(6-2)23-13-8-18(16-21(23)26)22-14-15-27-24(29-22)28-19-9-11-20(12-10-19)32(7-3)30-17(4)25/h7-16H,3,5-6,26H2,1-2,4H3,(H2,25,30)(H,27,28,29). The average Bonchev–Trinajstić information content (AvgIpc) is 2.80. The Bertz CT molecular complexity index is 1080. The zero-order chi connectivity index (χ0) is 23.1. The fraction of sp³-hybridized carbons (Fsp3) is 0.208. The van der Waals surface area contributed by atoms with Crippen molar-refractivity contribution in [1.82, 2.24) is 9.97 Å². The van der Waals surface area contributed by atoms with Crippen molar-refractivity contribution in [2.45, 2.75) is 20.8 Å². The lowest BCUT2D eigenvalue weighted by atomic mass is 10.1. The molecule has 2 aromatic carbocycles. The summed E-state index contributed by atoms with van der Waals surface area (Å²) in [5, 5.41) is 9.06. The molecule has 8 nitrogen and oxygen atoms in total. The largest absolute Gasteiger partial charge is 0.397 e. The van der Waals surface area contributed by atoms with Crippen molar-refractivity contribution in [3.05, 3.63) is 67.5 Å². The van der Waals surface area contributed by atoms with Crippen LogP contribution in [0.2, 0.25) is 0 Å². The molecule has 8 heteroatoms. The quantitative estimate of drug-likeness (QED) is 0.198. The third-order valence-electron chi connectivity index (χ3n) is 4.91. The highest BCUT2D eigenvalue weighted by atomic mass is 15.5. The van der Waals surface area contributed by atoms with Gasteiger partial charge in [0, 0.05) is 36.7 Å². The first-order valence-corrected chi connectivity index (χ1v) is 10.5. The lowest BCUT2D eigenvalue weighted by molar-refractivity contribution is 0.868. The maximum absolute atomic E-state index is 6.32. The predicted molar refractivity (Wildman–Crippen MR) is 135 cm³/mol. The molecule has 32 heavy (non-hydrogen) atoms. The molecule has 3 aromatic rings. The number of hydrazone groups is 1. The third-order valence-corrected chi connectivity index (χ3v) is 4.91. The molecule has 0 spiro atoms. The van der Waals surface area contributed by atoms with E-state index in [4.69, 9.17) is 11.5 Å². The van der Waals surface area contributed by atoms with Crippen molar-refractivity contribution >= 4 is 34.5 Å². The number of amidine groups is 1. The number of anilines is 5. The fourth-order valence-electron chi connectivity index (χ4n) is 3.35. The number of hydrogen-bond acceptors (Lipinski definition) is 7. The van der Waals surface area contributed by atoms with E-state index in [1.165, 1.54) is 0 Å². The molecule has 0 amide bonds. The number of benzene rings is 2. The molecule has 0 atom stereocenters. The summed E-state index contributed by atoms with van der Waals surface area (Å²) >= 11 is 0. The molecule has 166 valence electrons. The first-order chi connectivity index (χ1) is 15.4. The maximum Gasteiger partial charge on any atom is 0.227 e. The van der Waals surface area contributed by atoms with Gasteiger partial charge in [-0.15, -0.1) is 0 Å². The lowest BCUT2D eigenvalue weighted by Crippen LogP contribution is -2.22. The van der Waals surface area contributed by atoms with Gasteiger partial charge in [0.05, 0.1) is 22.8 Å². The van der Waals surface area contributed by atoms with E-state index in [0.717, 1.165) is 47.1 Å². The van der Waals surface area contributed by atoms with Crippen LogP contribution >= 0.6 is 0 Å². The van der Waals surface area contributed by atoms with E-state index in [0.29, 0.717) is 11.8 Å². The van der Waals surface area contributed by atoms with E-state index in [1.54, 1.807) is 24.3 Å². The van der Waals surface area contributed by atoms with E-state index in [-0.39, 0.29) is 0 Å². The Kier molecular flexibility index (Phi) is 7.28. The summed E-state index contributed by atoms with van der Waals surface area (Å²) < 4.78 is 0. The van der Waals surface area contributed by atoms with E-state index in [2.05, 4.69) is 45.7 Å². The minimum absolute atomic E-state index is 0.447. The van der Waals surface area contributed by atoms with Crippen LogP contribution in [-0.4, -0.2) is 28.9 Å². The molecule has 1 aromatic heterocycles. The van der Waals surface area contributed by atoms with Crippen LogP contribution in [0.25, 0.3) is 11.3 Å². The molecule has 0 saturated heterocycles. The Morgan fingerprint density at radius 3 is 2.44 bits per heavy atom. The zero-order valence-electron chi connectivity index (χ0n) is 18.8. The Hall–Kier alpha value is -4.07. The first-order valence-electron chi connectivity index (χ1n) is 10.5. The Morgan fingerprint density at radius 2 is 1.84 bits per heavy atom. The van der Waals surface area contributed by atoms with Crippen molar-refractivity contribution in [3.63, 3.8) is 0 Å². The van der Waals surface area contributed by atoms with Crippen LogP contribution in [0.3, 0.4) is 0 Å². The summed E-state index contributed by atoms with van der Waals surface area (Å²) in [4.78, 5) is 11.2. The van der Waals surface area contributed by atoms with Crippen LogP contribution in [0.4, 0.5) is 28.7 Å². The smallest absolute Gasteiger partial charge is 0.227 e. The van der Waals surface area contributed by atoms with Gasteiger partial charge < -0.3 is 21.7 Å². The fourth-order valence-corrected chi connectivity index (χ4v) is 3.35. The van der Waals surface area contributed by atoms with Crippen molar-refractivity contribution in [2.75, 3.05) is 34.0 Å². The molecule has 5 N–H and O–H groups in total. The van der Waals surface area contributed by atoms with Gasteiger partial charge in [0.25, 0.3) is 0 Å². The molecular weight excluding hydrogens is 400 g/mol. The van der Waals surface area contributed by atoms with Crippen molar-refractivity contribution in [2.24, 2.45) is 10.8 Å². The third kappa shape index (κ3) is 5.34. The SMILES string of the molecule is C=CN(/N=C(/C)N)c1ccc(Nc2nccc(-c3ccc(N(CC)CC)c(N)c3)n2)cc1. The maximum atomic E-state index is 6.32. The second-order valence-electron chi connectivity index (χ2n) is 7.15. The topological polar surface area (TPSA) is 109 Å². The van der Waals surface area contributed by atoms with Gasteiger partial charge in [-0.25, -0.2) is 15.0 Å². The molecule has 1 heterocycles. The van der Waals surface area contributed by atoms with Crippen LogP contribution in [0.15, 0.2) is 72.6 Å². The lowest BCUT2D eigenvalue weighted by Gasteiger charge is -2.23. The summed E-state index contributed by atoms with van der Waals surface area (Å²) in [6.07, 6.45) is 3.33. The van der Waals surface area contributed by atoms with Gasteiger partial charge in [0.1, 0.15) is 5.84 Å². The van der Waals surface area contributed by atoms with Crippen LogP contribution in [0.1, 0.15) is 20.8 Å². The van der Waals surface area contributed by atoms with Crippen LogP contribution in [0, 0.1) is 0 Å². The summed E-state index contributed by atoms with van der Waals surface area (Å²) in [5.41, 5.74) is 17.2. The number of nitrogen functional groups attached to an aromatic ring is 1. The number of nitrogens with zero attached hydrogens (tertiary/aromatic N) is 5. The Labute approximate surface area is 189 Å². The van der Waals surface area contributed by atoms with Crippen LogP contribution < -0.4 is 26.7 Å². The van der Waals surface area contributed by atoms with Crippen molar-refractivity contribution in [3.8, 4) is 11.3 Å². The molecule has 0 aliphatic heterocycles. The summed E-state index contributed by atoms with van der Waals surface area (Å²) in [6, 6.07) is 15.6. The van der Waals surface area contributed by atoms with Crippen molar-refractivity contribution < 1.29 is 0 Å². The first kappa shape index (κ1) is 22.6. The van der Waals surface area contributed by atoms with Gasteiger partial charge in [0.15, 0.2) is 0 Å². The molecule has 0 aliphatic rings. The monoisotopic (exact) mass is 430 g/mol. The van der Waals surface area contributed by atoms with E-state index in [9.17, 15) is 0 Å². The average molecular weight is 431 g/mol. The van der Waals surface area contributed by atoms with Crippen LogP contribution in [0.5, 0.6) is 0 Å². The molecule has 0 saturated carbocycles. The molecule has 0 fully saturated rings. The van der Waals surface area contributed by atoms with Gasteiger partial charge in [-0.1, -0.05) is 12.6 Å². The van der Waals surface area contributed by atoms with Crippen LogP contribution in [-0.2, 0) is 0 Å². The summed E-state index contributed by atoms with van der Waals surface area (Å²) in [5.74, 6) is 0.945. The normalized spacial score (nSPS) is 11.2. The molecule has 0 radical (unpaired) electrons. The Balaban J connectivity index is 1.79. The molecule has 0 bridgehead atoms.